The lowest BCUT2D eigenvalue weighted by molar-refractivity contribution is -0.141. The highest BCUT2D eigenvalue weighted by molar-refractivity contribution is 5.79. The van der Waals surface area contributed by atoms with E-state index in [0.717, 1.165) is 12.1 Å². The summed E-state index contributed by atoms with van der Waals surface area (Å²) < 4.78 is 52.6. The fourth-order valence-corrected chi connectivity index (χ4v) is 3.39. The minimum atomic E-state index is -2.66. The molecular weight excluding hydrogens is 324 g/mol. The van der Waals surface area contributed by atoms with E-state index in [2.05, 4.69) is 0 Å². The van der Waals surface area contributed by atoms with Crippen LogP contribution in [0.25, 0.3) is 0 Å². The van der Waals surface area contributed by atoms with Gasteiger partial charge in [0.1, 0.15) is 0 Å². The summed E-state index contributed by atoms with van der Waals surface area (Å²) in [4.78, 5) is 16.0. The number of carbonyl (C=O) groups is 1. The standard InChI is InChI=1S/C17H20F4N2O/c18-14-2-1-12(9-15(14)19)10-22-6-3-13(11-22)16(24)23-7-4-17(20,21)5-8-23/h1-2,9,13H,3-8,10-11H2. The third-order valence-electron chi connectivity index (χ3n) is 4.82. The van der Waals surface area contributed by atoms with Crippen molar-refractivity contribution in [1.29, 1.82) is 0 Å². The molecule has 0 aromatic heterocycles. The van der Waals surface area contributed by atoms with E-state index >= 15 is 0 Å². The number of carbonyl (C=O) groups excluding carboxylic acids is 1. The maximum atomic E-state index is 13.2. The Balaban J connectivity index is 1.53. The molecule has 2 aliphatic heterocycles. The Kier molecular flexibility index (Phi) is 4.80. The first-order chi connectivity index (χ1) is 11.3. The van der Waals surface area contributed by atoms with Gasteiger partial charge in [-0.2, -0.15) is 0 Å². The van der Waals surface area contributed by atoms with Crippen LogP contribution < -0.4 is 0 Å². The largest absolute Gasteiger partial charge is 0.342 e. The van der Waals surface area contributed by atoms with Crippen molar-refractivity contribution in [1.82, 2.24) is 9.80 Å². The Labute approximate surface area is 138 Å². The van der Waals surface area contributed by atoms with Crippen LogP contribution in [0.3, 0.4) is 0 Å². The molecule has 24 heavy (non-hydrogen) atoms. The highest BCUT2D eigenvalue weighted by atomic mass is 19.3. The van der Waals surface area contributed by atoms with E-state index in [1.54, 1.807) is 0 Å². The summed E-state index contributed by atoms with van der Waals surface area (Å²) in [6.07, 6.45) is 0.115. The fourth-order valence-electron chi connectivity index (χ4n) is 3.39. The molecule has 1 aromatic carbocycles. The molecule has 132 valence electrons. The van der Waals surface area contributed by atoms with Gasteiger partial charge in [-0.3, -0.25) is 9.69 Å². The van der Waals surface area contributed by atoms with Crippen LogP contribution in [0.4, 0.5) is 17.6 Å². The van der Waals surface area contributed by atoms with Crippen LogP contribution >= 0.6 is 0 Å². The second-order valence-electron chi connectivity index (χ2n) is 6.65. The second kappa shape index (κ2) is 6.70. The number of rotatable bonds is 3. The van der Waals surface area contributed by atoms with Crippen molar-refractivity contribution < 1.29 is 22.4 Å². The number of alkyl halides is 2. The molecule has 1 atom stereocenters. The molecule has 0 N–H and O–H groups in total. The van der Waals surface area contributed by atoms with E-state index in [1.165, 1.54) is 11.0 Å². The summed E-state index contributed by atoms with van der Waals surface area (Å²) in [5.41, 5.74) is 0.652. The highest BCUT2D eigenvalue weighted by Crippen LogP contribution is 2.29. The monoisotopic (exact) mass is 344 g/mol. The number of likely N-dealkylation sites (tertiary alicyclic amines) is 2. The normalized spacial score (nSPS) is 24.3. The minimum absolute atomic E-state index is 0.0710. The number of benzene rings is 1. The van der Waals surface area contributed by atoms with Crippen molar-refractivity contribution in [2.45, 2.75) is 31.7 Å². The molecule has 0 spiro atoms. The van der Waals surface area contributed by atoms with Crippen LogP contribution in [0, 0.1) is 17.6 Å². The minimum Gasteiger partial charge on any atom is -0.342 e. The van der Waals surface area contributed by atoms with E-state index in [9.17, 15) is 22.4 Å². The molecule has 2 aliphatic rings. The lowest BCUT2D eigenvalue weighted by atomic mass is 10.0. The molecule has 1 amide bonds. The van der Waals surface area contributed by atoms with Crippen molar-refractivity contribution in [2.24, 2.45) is 5.92 Å². The molecule has 0 radical (unpaired) electrons. The van der Waals surface area contributed by atoms with Gasteiger partial charge in [0.25, 0.3) is 5.92 Å². The molecule has 7 heteroatoms. The molecule has 0 saturated carbocycles. The van der Waals surface area contributed by atoms with Gasteiger partial charge in [-0.1, -0.05) is 6.07 Å². The second-order valence-corrected chi connectivity index (χ2v) is 6.65. The van der Waals surface area contributed by atoms with Crippen LogP contribution in [0.1, 0.15) is 24.8 Å². The first kappa shape index (κ1) is 17.2. The Morgan fingerprint density at radius 3 is 2.50 bits per heavy atom. The number of hydrogen-bond donors (Lipinski definition) is 0. The maximum Gasteiger partial charge on any atom is 0.251 e. The van der Waals surface area contributed by atoms with Crippen molar-refractivity contribution in [3.63, 3.8) is 0 Å². The zero-order chi connectivity index (χ0) is 17.3. The first-order valence-electron chi connectivity index (χ1n) is 8.17. The van der Waals surface area contributed by atoms with Gasteiger partial charge in [0, 0.05) is 39.0 Å². The molecular formula is C17H20F4N2O. The van der Waals surface area contributed by atoms with Crippen molar-refractivity contribution >= 4 is 5.91 Å². The van der Waals surface area contributed by atoms with Crippen molar-refractivity contribution in [2.75, 3.05) is 26.2 Å². The number of piperidine rings is 1. The Morgan fingerprint density at radius 1 is 1.12 bits per heavy atom. The van der Waals surface area contributed by atoms with E-state index in [-0.39, 0.29) is 37.8 Å². The molecule has 2 saturated heterocycles. The van der Waals surface area contributed by atoms with Gasteiger partial charge in [0.15, 0.2) is 11.6 Å². The Bertz CT molecular complexity index is 613. The SMILES string of the molecule is O=C(C1CCN(Cc2ccc(F)c(F)c2)C1)N1CCC(F)(F)CC1. The van der Waals surface area contributed by atoms with Gasteiger partial charge in [0.2, 0.25) is 5.91 Å². The van der Waals surface area contributed by atoms with Crippen LogP contribution in [-0.2, 0) is 11.3 Å². The van der Waals surface area contributed by atoms with Crippen LogP contribution in [0.2, 0.25) is 0 Å². The Hall–Kier alpha value is -1.63. The van der Waals surface area contributed by atoms with Gasteiger partial charge >= 0.3 is 0 Å². The number of nitrogens with zero attached hydrogens (tertiary/aromatic N) is 2. The van der Waals surface area contributed by atoms with Gasteiger partial charge < -0.3 is 4.90 Å². The predicted octanol–water partition coefficient (Wildman–Crippen LogP) is 3.04. The summed E-state index contributed by atoms with van der Waals surface area (Å²) in [6.45, 7) is 1.85. The van der Waals surface area contributed by atoms with Crippen LogP contribution in [-0.4, -0.2) is 47.8 Å². The quantitative estimate of drug-likeness (QED) is 0.787. The third-order valence-corrected chi connectivity index (χ3v) is 4.82. The molecule has 2 fully saturated rings. The summed E-state index contributed by atoms with van der Waals surface area (Å²) in [6, 6.07) is 3.79. The van der Waals surface area contributed by atoms with E-state index in [0.29, 0.717) is 31.6 Å². The fraction of sp³-hybridized carbons (Fsp3) is 0.588. The lowest BCUT2D eigenvalue weighted by Gasteiger charge is -2.33. The van der Waals surface area contributed by atoms with Gasteiger partial charge in [0.05, 0.1) is 5.92 Å². The first-order valence-corrected chi connectivity index (χ1v) is 8.17. The van der Waals surface area contributed by atoms with Gasteiger partial charge in [-0.25, -0.2) is 17.6 Å². The zero-order valence-corrected chi connectivity index (χ0v) is 13.3. The topological polar surface area (TPSA) is 23.6 Å². The van der Waals surface area contributed by atoms with Gasteiger partial charge in [-0.15, -0.1) is 0 Å². The summed E-state index contributed by atoms with van der Waals surface area (Å²) in [7, 11) is 0. The maximum absolute atomic E-state index is 13.2. The molecule has 1 unspecified atom stereocenters. The average molecular weight is 344 g/mol. The smallest absolute Gasteiger partial charge is 0.251 e. The summed E-state index contributed by atoms with van der Waals surface area (Å²) >= 11 is 0. The number of hydrogen-bond acceptors (Lipinski definition) is 2. The van der Waals surface area contributed by atoms with E-state index in [4.69, 9.17) is 0 Å². The number of halogens is 4. The van der Waals surface area contributed by atoms with E-state index < -0.39 is 17.6 Å². The summed E-state index contributed by atoms with van der Waals surface area (Å²) in [5, 5.41) is 0. The van der Waals surface area contributed by atoms with E-state index in [1.807, 2.05) is 4.90 Å². The lowest BCUT2D eigenvalue weighted by Crippen LogP contribution is -2.45. The summed E-state index contributed by atoms with van der Waals surface area (Å²) in [5.74, 6) is -4.70. The molecule has 2 heterocycles. The van der Waals surface area contributed by atoms with Crippen molar-refractivity contribution in [3.05, 3.63) is 35.4 Å². The van der Waals surface area contributed by atoms with Crippen LogP contribution in [0.15, 0.2) is 18.2 Å². The third kappa shape index (κ3) is 3.88. The molecule has 3 nitrogen and oxygen atoms in total. The number of amides is 1. The van der Waals surface area contributed by atoms with Gasteiger partial charge in [-0.05, 0) is 30.7 Å². The Morgan fingerprint density at radius 2 is 1.83 bits per heavy atom. The molecule has 0 aliphatic carbocycles. The van der Waals surface area contributed by atoms with Crippen LogP contribution in [0.5, 0.6) is 0 Å². The van der Waals surface area contributed by atoms with Crippen molar-refractivity contribution in [3.8, 4) is 0 Å². The predicted molar refractivity (Wildman–Crippen MR) is 80.5 cm³/mol. The average Bonchev–Trinajstić information content (AvgIpc) is 2.99. The molecule has 3 rings (SSSR count). The molecule has 0 bridgehead atoms. The highest BCUT2D eigenvalue weighted by Gasteiger charge is 2.38. The zero-order valence-electron chi connectivity index (χ0n) is 13.3. The molecule has 1 aromatic rings.